The molecule has 0 aliphatic carbocycles. The molecule has 0 aromatic rings. The summed E-state index contributed by atoms with van der Waals surface area (Å²) in [6.45, 7) is 12.3. The Hall–Kier alpha value is -1.40. The number of hydrogen-bond acceptors (Lipinski definition) is 6. The van der Waals surface area contributed by atoms with E-state index in [0.29, 0.717) is 19.6 Å². The van der Waals surface area contributed by atoms with Crippen LogP contribution in [0.25, 0.3) is 0 Å². The largest absolute Gasteiger partial charge is 0.465 e. The summed E-state index contributed by atoms with van der Waals surface area (Å²) in [5.74, 6) is -0.695. The quantitative estimate of drug-likeness (QED) is 0.503. The van der Waals surface area contributed by atoms with Gasteiger partial charge in [-0.1, -0.05) is 34.3 Å². The van der Waals surface area contributed by atoms with Crippen molar-refractivity contribution >= 4 is 11.9 Å². The van der Waals surface area contributed by atoms with Gasteiger partial charge in [-0.2, -0.15) is 0 Å². The van der Waals surface area contributed by atoms with E-state index in [2.05, 4.69) is 6.58 Å². The van der Waals surface area contributed by atoms with Gasteiger partial charge in [0.1, 0.15) is 13.2 Å². The van der Waals surface area contributed by atoms with Crippen molar-refractivity contribution in [1.29, 1.82) is 0 Å². The van der Waals surface area contributed by atoms with Gasteiger partial charge in [0.25, 0.3) is 0 Å². The Balaban J connectivity index is 2.55. The standard InChI is InChI=1S/C17H28O6/c1-6-13(18)20-9-16(4,5)15-22-11-17(8-3,12-23-15)10-21-14(19)7-2/h6,15H,1,7-12H2,2-5H3. The number of carbonyl (C=O) groups is 2. The topological polar surface area (TPSA) is 71.1 Å². The zero-order valence-electron chi connectivity index (χ0n) is 14.6. The summed E-state index contributed by atoms with van der Waals surface area (Å²) in [5.41, 5.74) is -0.812. The van der Waals surface area contributed by atoms with Gasteiger partial charge in [-0.25, -0.2) is 4.79 Å². The number of hydrogen-bond donors (Lipinski definition) is 0. The Morgan fingerprint density at radius 3 is 2.35 bits per heavy atom. The smallest absolute Gasteiger partial charge is 0.330 e. The first-order chi connectivity index (χ1) is 10.8. The third kappa shape index (κ3) is 5.62. The van der Waals surface area contributed by atoms with Gasteiger partial charge in [-0.15, -0.1) is 0 Å². The van der Waals surface area contributed by atoms with Gasteiger partial charge in [-0.05, 0) is 6.42 Å². The van der Waals surface area contributed by atoms with Gasteiger partial charge >= 0.3 is 11.9 Å². The first-order valence-electron chi connectivity index (χ1n) is 7.96. The van der Waals surface area contributed by atoms with E-state index in [9.17, 15) is 9.59 Å². The monoisotopic (exact) mass is 328 g/mol. The average Bonchev–Trinajstić information content (AvgIpc) is 2.57. The van der Waals surface area contributed by atoms with Gasteiger partial charge in [0.05, 0.1) is 18.6 Å². The minimum absolute atomic E-state index is 0.173. The van der Waals surface area contributed by atoms with Crippen molar-refractivity contribution in [3.8, 4) is 0 Å². The maximum Gasteiger partial charge on any atom is 0.330 e. The van der Waals surface area contributed by atoms with Crippen molar-refractivity contribution < 1.29 is 28.5 Å². The minimum atomic E-state index is -0.487. The fraction of sp³-hybridized carbons (Fsp3) is 0.765. The third-order valence-corrected chi connectivity index (χ3v) is 4.05. The first-order valence-corrected chi connectivity index (χ1v) is 7.96. The van der Waals surface area contributed by atoms with Crippen LogP contribution in [0.3, 0.4) is 0 Å². The molecule has 0 saturated carbocycles. The van der Waals surface area contributed by atoms with Crippen LogP contribution in [0.15, 0.2) is 12.7 Å². The molecule has 1 saturated heterocycles. The fourth-order valence-corrected chi connectivity index (χ4v) is 2.16. The van der Waals surface area contributed by atoms with Crippen molar-refractivity contribution in [1.82, 2.24) is 0 Å². The van der Waals surface area contributed by atoms with E-state index in [-0.39, 0.29) is 24.6 Å². The predicted molar refractivity (Wildman–Crippen MR) is 84.6 cm³/mol. The summed E-state index contributed by atoms with van der Waals surface area (Å²) in [6.07, 6.45) is 1.78. The van der Waals surface area contributed by atoms with Crippen molar-refractivity contribution in [3.05, 3.63) is 12.7 Å². The summed E-state index contributed by atoms with van der Waals surface area (Å²) in [4.78, 5) is 22.6. The molecular formula is C17H28O6. The van der Waals surface area contributed by atoms with Crippen LogP contribution in [0.2, 0.25) is 0 Å². The van der Waals surface area contributed by atoms with Crippen LogP contribution in [0.1, 0.15) is 40.5 Å². The summed E-state index contributed by atoms with van der Waals surface area (Å²) in [7, 11) is 0. The van der Waals surface area contributed by atoms with Gasteiger partial charge in [0, 0.05) is 17.9 Å². The van der Waals surface area contributed by atoms with E-state index >= 15 is 0 Å². The second-order valence-electron chi connectivity index (χ2n) is 6.62. The Morgan fingerprint density at radius 1 is 1.26 bits per heavy atom. The van der Waals surface area contributed by atoms with E-state index in [0.717, 1.165) is 12.5 Å². The van der Waals surface area contributed by atoms with Crippen LogP contribution in [0.4, 0.5) is 0 Å². The maximum atomic E-state index is 11.4. The number of carbonyl (C=O) groups excluding carboxylic acids is 2. The highest BCUT2D eigenvalue weighted by Crippen LogP contribution is 2.35. The summed E-state index contributed by atoms with van der Waals surface area (Å²) in [5, 5.41) is 0. The lowest BCUT2D eigenvalue weighted by Crippen LogP contribution is -2.50. The summed E-state index contributed by atoms with van der Waals surface area (Å²) < 4.78 is 22.1. The molecular weight excluding hydrogens is 300 g/mol. The summed E-state index contributed by atoms with van der Waals surface area (Å²) in [6, 6.07) is 0. The molecule has 23 heavy (non-hydrogen) atoms. The predicted octanol–water partition coefficient (Wildman–Crippen LogP) is 2.46. The van der Waals surface area contributed by atoms with Crippen LogP contribution < -0.4 is 0 Å². The molecule has 1 rings (SSSR count). The van der Waals surface area contributed by atoms with E-state index in [1.54, 1.807) is 6.92 Å². The van der Waals surface area contributed by atoms with Gasteiger partial charge in [0.2, 0.25) is 0 Å². The average molecular weight is 328 g/mol. The van der Waals surface area contributed by atoms with Crippen LogP contribution in [0.5, 0.6) is 0 Å². The van der Waals surface area contributed by atoms with Crippen molar-refractivity contribution in [2.45, 2.75) is 46.8 Å². The molecule has 6 heteroatoms. The first kappa shape index (κ1) is 19.6. The SMILES string of the molecule is C=CC(=O)OCC(C)(C)C1OCC(CC)(COC(=O)CC)CO1. The molecule has 0 atom stereocenters. The van der Waals surface area contributed by atoms with Gasteiger partial charge in [0.15, 0.2) is 6.29 Å². The van der Waals surface area contributed by atoms with Crippen molar-refractivity contribution in [2.75, 3.05) is 26.4 Å². The van der Waals surface area contributed by atoms with E-state index in [1.807, 2.05) is 20.8 Å². The Bertz CT molecular complexity index is 421. The van der Waals surface area contributed by atoms with Gasteiger partial charge < -0.3 is 18.9 Å². The Morgan fingerprint density at radius 2 is 1.87 bits per heavy atom. The van der Waals surface area contributed by atoms with E-state index in [4.69, 9.17) is 18.9 Å². The molecule has 6 nitrogen and oxygen atoms in total. The minimum Gasteiger partial charge on any atom is -0.465 e. The number of esters is 2. The lowest BCUT2D eigenvalue weighted by atomic mass is 9.85. The lowest BCUT2D eigenvalue weighted by molar-refractivity contribution is -0.280. The number of ether oxygens (including phenoxy) is 4. The molecule has 1 aliphatic heterocycles. The molecule has 0 radical (unpaired) electrons. The lowest BCUT2D eigenvalue weighted by Gasteiger charge is -2.43. The Kier molecular flexibility index (Phi) is 7.22. The zero-order chi connectivity index (χ0) is 17.5. The van der Waals surface area contributed by atoms with Crippen molar-refractivity contribution in [3.63, 3.8) is 0 Å². The third-order valence-electron chi connectivity index (χ3n) is 4.05. The second-order valence-corrected chi connectivity index (χ2v) is 6.62. The molecule has 0 amide bonds. The van der Waals surface area contributed by atoms with E-state index < -0.39 is 17.7 Å². The van der Waals surface area contributed by atoms with Crippen LogP contribution in [-0.4, -0.2) is 44.7 Å². The molecule has 1 fully saturated rings. The van der Waals surface area contributed by atoms with Crippen molar-refractivity contribution in [2.24, 2.45) is 10.8 Å². The zero-order valence-corrected chi connectivity index (χ0v) is 14.6. The highest BCUT2D eigenvalue weighted by Gasteiger charge is 2.42. The molecule has 0 aromatic carbocycles. The highest BCUT2D eigenvalue weighted by molar-refractivity contribution is 5.81. The Labute approximate surface area is 138 Å². The van der Waals surface area contributed by atoms with Crippen LogP contribution in [0, 0.1) is 10.8 Å². The maximum absolute atomic E-state index is 11.4. The van der Waals surface area contributed by atoms with Crippen LogP contribution in [-0.2, 0) is 28.5 Å². The highest BCUT2D eigenvalue weighted by atomic mass is 16.7. The molecule has 1 aliphatic rings. The normalized spacial score (nSPS) is 24.8. The van der Waals surface area contributed by atoms with Gasteiger partial charge in [-0.3, -0.25) is 4.79 Å². The number of rotatable bonds is 8. The molecule has 0 aromatic heterocycles. The summed E-state index contributed by atoms with van der Waals surface area (Å²) >= 11 is 0. The fourth-order valence-electron chi connectivity index (χ4n) is 2.16. The molecule has 0 spiro atoms. The molecule has 0 bridgehead atoms. The molecule has 132 valence electrons. The van der Waals surface area contributed by atoms with E-state index in [1.165, 1.54) is 0 Å². The second kappa shape index (κ2) is 8.45. The van der Waals surface area contributed by atoms with Crippen LogP contribution >= 0.6 is 0 Å². The molecule has 1 heterocycles. The molecule has 0 unspecified atom stereocenters. The molecule has 0 N–H and O–H groups in total.